The number of oxazole rings is 1. The summed E-state index contributed by atoms with van der Waals surface area (Å²) in [5, 5.41) is 3.09. The summed E-state index contributed by atoms with van der Waals surface area (Å²) < 4.78 is 11.9. The van der Waals surface area contributed by atoms with Crippen molar-refractivity contribution in [2.24, 2.45) is 5.73 Å². The van der Waals surface area contributed by atoms with E-state index in [1.54, 1.807) is 30.5 Å². The maximum atomic E-state index is 11.6. The molecular formula is C23H22N4O3. The first-order valence-corrected chi connectivity index (χ1v) is 9.52. The van der Waals surface area contributed by atoms with Crippen LogP contribution in [0, 0.1) is 0 Å². The van der Waals surface area contributed by atoms with Gasteiger partial charge >= 0.3 is 0 Å². The molecule has 0 bridgehead atoms. The van der Waals surface area contributed by atoms with Crippen molar-refractivity contribution < 1.29 is 13.9 Å². The first-order valence-electron chi connectivity index (χ1n) is 9.52. The number of carbonyl (C=O) groups is 1. The first-order chi connectivity index (χ1) is 14.3. The van der Waals surface area contributed by atoms with Crippen molar-refractivity contribution in [2.45, 2.75) is 26.2 Å². The largest absolute Gasteiger partial charge is 0.437 e. The third-order valence-corrected chi connectivity index (χ3v) is 4.60. The number of hydrogen-bond acceptors (Lipinski definition) is 6. The van der Waals surface area contributed by atoms with Gasteiger partial charge in [0, 0.05) is 11.8 Å². The number of rotatable bonds is 5. The SMILES string of the molecule is CC(C)(C)c1ccccc1Oc1ncccc1Nc1nc2c(C(N)=O)cccc2o1. The van der Waals surface area contributed by atoms with E-state index in [-0.39, 0.29) is 11.4 Å². The van der Waals surface area contributed by atoms with Gasteiger partial charge in [-0.1, -0.05) is 45.0 Å². The van der Waals surface area contributed by atoms with Crippen LogP contribution in [0.15, 0.2) is 65.2 Å². The molecule has 3 N–H and O–H groups in total. The molecule has 7 nitrogen and oxygen atoms in total. The Labute approximate surface area is 173 Å². The fourth-order valence-corrected chi connectivity index (χ4v) is 3.16. The van der Waals surface area contributed by atoms with Crippen molar-refractivity contribution >= 4 is 28.7 Å². The molecule has 0 aliphatic rings. The molecule has 152 valence electrons. The molecule has 4 rings (SSSR count). The molecule has 0 saturated carbocycles. The molecule has 1 amide bonds. The van der Waals surface area contributed by atoms with Gasteiger partial charge < -0.3 is 20.2 Å². The molecule has 0 fully saturated rings. The smallest absolute Gasteiger partial charge is 0.300 e. The molecule has 0 aliphatic carbocycles. The molecule has 0 saturated heterocycles. The van der Waals surface area contributed by atoms with E-state index < -0.39 is 5.91 Å². The minimum absolute atomic E-state index is 0.0928. The standard InChI is InChI=1S/C23H22N4O3/c1-23(2,3)15-9-4-5-11-17(15)29-21-16(10-7-13-25-21)26-22-27-19-14(20(24)28)8-6-12-18(19)30-22/h4-13H,1-3H3,(H2,24,28)(H,26,27). The van der Waals surface area contributed by atoms with Crippen LogP contribution in [0.1, 0.15) is 36.7 Å². The van der Waals surface area contributed by atoms with Crippen LogP contribution >= 0.6 is 0 Å². The topological polar surface area (TPSA) is 103 Å². The van der Waals surface area contributed by atoms with E-state index in [9.17, 15) is 4.79 Å². The van der Waals surface area contributed by atoms with Crippen molar-refractivity contribution in [3.63, 3.8) is 0 Å². The maximum absolute atomic E-state index is 11.6. The van der Waals surface area contributed by atoms with Crippen LogP contribution in [0.2, 0.25) is 0 Å². The molecule has 0 spiro atoms. The lowest BCUT2D eigenvalue weighted by molar-refractivity contribution is 0.100. The van der Waals surface area contributed by atoms with E-state index in [2.05, 4.69) is 36.1 Å². The number of benzene rings is 2. The van der Waals surface area contributed by atoms with E-state index in [4.69, 9.17) is 14.9 Å². The van der Waals surface area contributed by atoms with Crippen LogP contribution in [0.25, 0.3) is 11.1 Å². The molecule has 4 aromatic rings. The second-order valence-corrected chi connectivity index (χ2v) is 7.86. The Morgan fingerprint density at radius 1 is 1.07 bits per heavy atom. The number of nitrogens with one attached hydrogen (secondary N) is 1. The van der Waals surface area contributed by atoms with Gasteiger partial charge in [0.25, 0.3) is 11.9 Å². The predicted octanol–water partition coefficient (Wildman–Crippen LogP) is 5.16. The summed E-state index contributed by atoms with van der Waals surface area (Å²) in [6, 6.07) is 16.7. The number of para-hydroxylation sites is 2. The molecular weight excluding hydrogens is 380 g/mol. The number of nitrogens with zero attached hydrogens (tertiary/aromatic N) is 2. The Balaban J connectivity index is 1.68. The fourth-order valence-electron chi connectivity index (χ4n) is 3.16. The molecule has 0 atom stereocenters. The number of nitrogens with two attached hydrogens (primary N) is 1. The minimum Gasteiger partial charge on any atom is -0.437 e. The zero-order valence-electron chi connectivity index (χ0n) is 17.0. The van der Waals surface area contributed by atoms with Crippen molar-refractivity contribution in [3.05, 3.63) is 71.9 Å². The van der Waals surface area contributed by atoms with Gasteiger partial charge in [0.2, 0.25) is 5.88 Å². The highest BCUT2D eigenvalue weighted by Gasteiger charge is 2.20. The van der Waals surface area contributed by atoms with Crippen molar-refractivity contribution in [3.8, 4) is 11.6 Å². The van der Waals surface area contributed by atoms with Crippen LogP contribution in [0.4, 0.5) is 11.7 Å². The average molecular weight is 402 g/mol. The van der Waals surface area contributed by atoms with Crippen LogP contribution in [0.5, 0.6) is 11.6 Å². The summed E-state index contributed by atoms with van der Waals surface area (Å²) in [7, 11) is 0. The highest BCUT2D eigenvalue weighted by molar-refractivity contribution is 6.03. The summed E-state index contributed by atoms with van der Waals surface area (Å²) in [6.45, 7) is 6.38. The number of ether oxygens (including phenoxy) is 1. The lowest BCUT2D eigenvalue weighted by Gasteiger charge is -2.22. The maximum Gasteiger partial charge on any atom is 0.300 e. The molecule has 0 unspecified atom stereocenters. The third-order valence-electron chi connectivity index (χ3n) is 4.60. The van der Waals surface area contributed by atoms with Crippen LogP contribution in [-0.4, -0.2) is 15.9 Å². The summed E-state index contributed by atoms with van der Waals surface area (Å²) >= 11 is 0. The number of amides is 1. The average Bonchev–Trinajstić information content (AvgIpc) is 3.11. The van der Waals surface area contributed by atoms with Gasteiger partial charge in [-0.15, -0.1) is 0 Å². The number of aromatic nitrogens is 2. The molecule has 30 heavy (non-hydrogen) atoms. The van der Waals surface area contributed by atoms with Crippen LogP contribution in [-0.2, 0) is 5.41 Å². The molecule has 0 radical (unpaired) electrons. The summed E-state index contributed by atoms with van der Waals surface area (Å²) in [5.74, 6) is 0.538. The van der Waals surface area contributed by atoms with Crippen LogP contribution < -0.4 is 15.8 Å². The van der Waals surface area contributed by atoms with E-state index in [0.717, 1.165) is 11.3 Å². The zero-order valence-corrected chi connectivity index (χ0v) is 17.0. The quantitative estimate of drug-likeness (QED) is 0.478. The van der Waals surface area contributed by atoms with Gasteiger partial charge in [-0.05, 0) is 35.7 Å². The van der Waals surface area contributed by atoms with Gasteiger partial charge in [0.05, 0.1) is 5.56 Å². The van der Waals surface area contributed by atoms with Crippen molar-refractivity contribution in [2.75, 3.05) is 5.32 Å². The Morgan fingerprint density at radius 2 is 1.87 bits per heavy atom. The van der Waals surface area contributed by atoms with Crippen LogP contribution in [0.3, 0.4) is 0 Å². The summed E-state index contributed by atoms with van der Waals surface area (Å²) in [5.41, 5.74) is 8.13. The minimum atomic E-state index is -0.565. The molecule has 7 heteroatoms. The van der Waals surface area contributed by atoms with E-state index in [0.29, 0.717) is 28.2 Å². The number of pyridine rings is 1. The van der Waals surface area contributed by atoms with Gasteiger partial charge in [-0.3, -0.25) is 4.79 Å². The Morgan fingerprint density at radius 3 is 2.63 bits per heavy atom. The van der Waals surface area contributed by atoms with Gasteiger partial charge in [-0.25, -0.2) is 4.98 Å². The second kappa shape index (κ2) is 7.51. The molecule has 2 aromatic carbocycles. The highest BCUT2D eigenvalue weighted by atomic mass is 16.5. The Hall–Kier alpha value is -3.87. The molecule has 0 aliphatic heterocycles. The predicted molar refractivity (Wildman–Crippen MR) is 115 cm³/mol. The summed E-state index contributed by atoms with van der Waals surface area (Å²) in [4.78, 5) is 20.4. The molecule has 2 heterocycles. The Kier molecular flexibility index (Phi) is 4.87. The zero-order chi connectivity index (χ0) is 21.3. The first kappa shape index (κ1) is 19.4. The molecule has 2 aromatic heterocycles. The van der Waals surface area contributed by atoms with E-state index in [1.165, 1.54) is 0 Å². The highest BCUT2D eigenvalue weighted by Crippen LogP contribution is 2.36. The fraction of sp³-hybridized carbons (Fsp3) is 0.174. The van der Waals surface area contributed by atoms with E-state index >= 15 is 0 Å². The van der Waals surface area contributed by atoms with Crippen molar-refractivity contribution in [1.29, 1.82) is 0 Å². The van der Waals surface area contributed by atoms with Gasteiger partial charge in [0.1, 0.15) is 17.0 Å². The Bertz CT molecular complexity index is 1220. The number of anilines is 2. The van der Waals surface area contributed by atoms with Crippen molar-refractivity contribution in [1.82, 2.24) is 9.97 Å². The van der Waals surface area contributed by atoms with Gasteiger partial charge in [-0.2, -0.15) is 4.98 Å². The lowest BCUT2D eigenvalue weighted by Crippen LogP contribution is -2.12. The van der Waals surface area contributed by atoms with E-state index in [1.807, 2.05) is 30.3 Å². The number of primary amides is 1. The second-order valence-electron chi connectivity index (χ2n) is 7.86. The number of fused-ring (bicyclic) bond motifs is 1. The number of carbonyl (C=O) groups excluding carboxylic acids is 1. The van der Waals surface area contributed by atoms with Gasteiger partial charge in [0.15, 0.2) is 5.58 Å². The number of hydrogen-bond donors (Lipinski definition) is 2. The third kappa shape index (κ3) is 3.82. The lowest BCUT2D eigenvalue weighted by atomic mass is 9.86. The summed E-state index contributed by atoms with van der Waals surface area (Å²) in [6.07, 6.45) is 1.65. The monoisotopic (exact) mass is 402 g/mol. The normalized spacial score (nSPS) is 11.4.